The van der Waals surface area contributed by atoms with Crippen molar-refractivity contribution in [3.05, 3.63) is 0 Å². The molecular weight excluding hydrogens is 428 g/mol. The molecule has 2 heterocycles. The van der Waals surface area contributed by atoms with Gasteiger partial charge in [-0.2, -0.15) is 0 Å². The Kier molecular flexibility index (Phi) is 13.9. The van der Waals surface area contributed by atoms with E-state index in [1.165, 1.54) is 4.90 Å². The number of hydrogen-bond acceptors (Lipinski definition) is 7. The molecule has 0 spiro atoms. The van der Waals surface area contributed by atoms with Crippen molar-refractivity contribution in [3.8, 4) is 0 Å². The molecule has 196 valence electrons. The van der Waals surface area contributed by atoms with Crippen molar-refractivity contribution in [2.75, 3.05) is 13.1 Å². The number of esters is 1. The highest BCUT2D eigenvalue weighted by Crippen LogP contribution is 2.23. The van der Waals surface area contributed by atoms with E-state index in [4.69, 9.17) is 19.7 Å². The molecule has 0 unspecified atom stereocenters. The second-order valence-electron chi connectivity index (χ2n) is 11.0. The van der Waals surface area contributed by atoms with Crippen molar-refractivity contribution in [3.63, 3.8) is 0 Å². The molecule has 9 heteroatoms. The number of hydrogen-bond donors (Lipinski definition) is 3. The Hall–Kier alpha value is -1.87. The van der Waals surface area contributed by atoms with Crippen LogP contribution >= 0.6 is 0 Å². The van der Waals surface area contributed by atoms with Crippen LogP contribution in [0.2, 0.25) is 0 Å². The molecule has 2 saturated heterocycles. The molecular formula is C24H48N2O7. The van der Waals surface area contributed by atoms with E-state index < -0.39 is 34.9 Å². The van der Waals surface area contributed by atoms with Gasteiger partial charge in [-0.05, 0) is 94.5 Å². The van der Waals surface area contributed by atoms with E-state index in [1.807, 2.05) is 41.5 Å². The average Bonchev–Trinajstić information content (AvgIpc) is 3.23. The third-order valence-corrected chi connectivity index (χ3v) is 3.92. The second kappa shape index (κ2) is 13.7. The van der Waals surface area contributed by atoms with Crippen molar-refractivity contribution < 1.29 is 34.1 Å². The summed E-state index contributed by atoms with van der Waals surface area (Å²) in [6.45, 7) is 17.5. The lowest BCUT2D eigenvalue weighted by molar-refractivity contribution is -0.160. The lowest BCUT2D eigenvalue weighted by Gasteiger charge is -2.29. The molecule has 9 nitrogen and oxygen atoms in total. The van der Waals surface area contributed by atoms with Crippen LogP contribution in [0.5, 0.6) is 0 Å². The molecule has 2 fully saturated rings. The number of likely N-dealkylation sites (tertiary alicyclic amines) is 1. The molecule has 0 aliphatic carbocycles. The molecule has 2 aliphatic heterocycles. The first-order valence-corrected chi connectivity index (χ1v) is 11.2. The van der Waals surface area contributed by atoms with Gasteiger partial charge in [-0.15, -0.1) is 0 Å². The fraction of sp³-hybridized carbons (Fsp3) is 0.875. The summed E-state index contributed by atoms with van der Waals surface area (Å²) in [6.07, 6.45) is 2.77. The topological polar surface area (TPSA) is 125 Å². The van der Waals surface area contributed by atoms with E-state index in [9.17, 15) is 14.4 Å². The average molecular weight is 477 g/mol. The van der Waals surface area contributed by atoms with Crippen LogP contribution in [0, 0.1) is 0 Å². The Morgan fingerprint density at radius 3 is 1.70 bits per heavy atom. The van der Waals surface area contributed by atoms with Crippen LogP contribution in [0.15, 0.2) is 0 Å². The zero-order valence-corrected chi connectivity index (χ0v) is 21.3. The van der Waals surface area contributed by atoms with Gasteiger partial charge in [0.1, 0.15) is 23.3 Å². The SMILES string of the molecule is C.CC(C)(C)O.CC(C)(C)OC(=O)[C@@H]1CCCN1C(=O)OC(C)(C)C.O=C(O)[C@@H]1CCCN1. The van der Waals surface area contributed by atoms with Crippen molar-refractivity contribution in [2.45, 2.75) is 124 Å². The largest absolute Gasteiger partial charge is 0.480 e. The minimum Gasteiger partial charge on any atom is -0.480 e. The summed E-state index contributed by atoms with van der Waals surface area (Å²) < 4.78 is 10.7. The molecule has 0 saturated carbocycles. The molecule has 1 amide bonds. The third-order valence-electron chi connectivity index (χ3n) is 3.92. The van der Waals surface area contributed by atoms with Gasteiger partial charge in [-0.1, -0.05) is 7.43 Å². The lowest BCUT2D eigenvalue weighted by atomic mass is 10.1. The molecule has 0 aromatic rings. The molecule has 2 atom stereocenters. The Labute approximate surface area is 200 Å². The minimum absolute atomic E-state index is 0. The number of nitrogens with zero attached hydrogens (tertiary/aromatic N) is 1. The summed E-state index contributed by atoms with van der Waals surface area (Å²) in [7, 11) is 0. The van der Waals surface area contributed by atoms with Crippen molar-refractivity contribution in [2.24, 2.45) is 0 Å². The van der Waals surface area contributed by atoms with Gasteiger partial charge in [0.15, 0.2) is 0 Å². The van der Waals surface area contributed by atoms with Crippen LogP contribution in [-0.2, 0) is 19.1 Å². The zero-order valence-electron chi connectivity index (χ0n) is 21.3. The highest BCUT2D eigenvalue weighted by Gasteiger charge is 2.38. The van der Waals surface area contributed by atoms with E-state index in [0.29, 0.717) is 13.0 Å². The number of carboxylic acids is 1. The molecule has 2 rings (SSSR count). The van der Waals surface area contributed by atoms with Gasteiger partial charge in [-0.3, -0.25) is 9.69 Å². The summed E-state index contributed by atoms with van der Waals surface area (Å²) >= 11 is 0. The molecule has 0 radical (unpaired) electrons. The number of nitrogens with one attached hydrogen (secondary N) is 1. The standard InChI is InChI=1S/C14H25NO4.C5H9NO2.C4H10O.CH4/c1-13(2,3)18-11(16)10-8-7-9-15(10)12(17)19-14(4,5)6;7-5(8)4-2-1-3-6-4;1-4(2,3)5;/h10H,7-9H2,1-6H3;4,6H,1-3H2,(H,7,8);5H,1-3H3;1H4/t10-;4-;;/m00../s1. The number of carbonyl (C=O) groups is 3. The van der Waals surface area contributed by atoms with E-state index in [-0.39, 0.29) is 19.4 Å². The van der Waals surface area contributed by atoms with Crippen LogP contribution in [0.3, 0.4) is 0 Å². The number of ether oxygens (including phenoxy) is 2. The third kappa shape index (κ3) is 17.3. The fourth-order valence-corrected chi connectivity index (χ4v) is 2.82. The van der Waals surface area contributed by atoms with Crippen LogP contribution in [0.25, 0.3) is 0 Å². The molecule has 0 aromatic heterocycles. The van der Waals surface area contributed by atoms with Gasteiger partial charge in [0.05, 0.1) is 5.60 Å². The maximum absolute atomic E-state index is 12.1. The van der Waals surface area contributed by atoms with Crippen LogP contribution in [0.4, 0.5) is 4.79 Å². The first-order chi connectivity index (χ1) is 14.3. The van der Waals surface area contributed by atoms with Gasteiger partial charge in [-0.25, -0.2) is 9.59 Å². The number of aliphatic carboxylic acids is 1. The smallest absolute Gasteiger partial charge is 0.411 e. The quantitative estimate of drug-likeness (QED) is 0.511. The second-order valence-corrected chi connectivity index (χ2v) is 11.0. The molecule has 0 aromatic carbocycles. The van der Waals surface area contributed by atoms with Gasteiger partial charge < -0.3 is 25.0 Å². The van der Waals surface area contributed by atoms with Crippen LogP contribution in [0.1, 0.15) is 95.4 Å². The maximum atomic E-state index is 12.1. The Morgan fingerprint density at radius 1 is 0.879 bits per heavy atom. The lowest BCUT2D eigenvalue weighted by Crippen LogP contribution is -2.45. The summed E-state index contributed by atoms with van der Waals surface area (Å²) in [4.78, 5) is 35.7. The summed E-state index contributed by atoms with van der Waals surface area (Å²) in [5.74, 6) is -1.07. The normalized spacial score (nSPS) is 20.4. The van der Waals surface area contributed by atoms with E-state index >= 15 is 0 Å². The maximum Gasteiger partial charge on any atom is 0.411 e. The number of aliphatic hydroxyl groups is 1. The first kappa shape index (κ1) is 33.3. The molecule has 2 aliphatic rings. The minimum atomic E-state index is -0.720. The number of carboxylic acid groups (broad SMARTS) is 1. The first-order valence-electron chi connectivity index (χ1n) is 11.2. The summed E-state index contributed by atoms with van der Waals surface area (Å²) in [5.41, 5.74) is -1.60. The highest BCUT2D eigenvalue weighted by atomic mass is 16.6. The van der Waals surface area contributed by atoms with Gasteiger partial charge in [0.25, 0.3) is 0 Å². The number of rotatable bonds is 2. The monoisotopic (exact) mass is 476 g/mol. The van der Waals surface area contributed by atoms with E-state index in [1.54, 1.807) is 20.8 Å². The molecule has 0 bridgehead atoms. The molecule has 33 heavy (non-hydrogen) atoms. The Balaban J connectivity index is 0. The predicted octanol–water partition coefficient (Wildman–Crippen LogP) is 3.96. The zero-order chi connectivity index (χ0) is 25.3. The summed E-state index contributed by atoms with van der Waals surface area (Å²) in [5, 5.41) is 19.7. The number of carbonyl (C=O) groups excluding carboxylic acids is 2. The predicted molar refractivity (Wildman–Crippen MR) is 129 cm³/mol. The van der Waals surface area contributed by atoms with E-state index in [0.717, 1.165) is 25.8 Å². The Morgan fingerprint density at radius 2 is 1.36 bits per heavy atom. The highest BCUT2D eigenvalue weighted by molar-refractivity contribution is 5.82. The van der Waals surface area contributed by atoms with Gasteiger partial charge in [0, 0.05) is 6.54 Å². The van der Waals surface area contributed by atoms with E-state index in [2.05, 4.69) is 5.32 Å². The van der Waals surface area contributed by atoms with Crippen molar-refractivity contribution in [1.82, 2.24) is 10.2 Å². The van der Waals surface area contributed by atoms with Crippen molar-refractivity contribution in [1.29, 1.82) is 0 Å². The Bertz CT molecular complexity index is 570. The summed E-state index contributed by atoms with van der Waals surface area (Å²) in [6, 6.07) is -0.788. The van der Waals surface area contributed by atoms with Crippen LogP contribution < -0.4 is 5.32 Å². The number of amides is 1. The molecule has 3 N–H and O–H groups in total. The fourth-order valence-electron chi connectivity index (χ4n) is 2.82. The van der Waals surface area contributed by atoms with Gasteiger partial charge in [0.2, 0.25) is 0 Å². The van der Waals surface area contributed by atoms with Crippen LogP contribution in [-0.4, -0.2) is 75.1 Å². The van der Waals surface area contributed by atoms with Gasteiger partial charge >= 0.3 is 18.0 Å². The van der Waals surface area contributed by atoms with Crippen molar-refractivity contribution >= 4 is 18.0 Å².